The second kappa shape index (κ2) is 14.9. The van der Waals surface area contributed by atoms with Crippen molar-refractivity contribution in [1.82, 2.24) is 25.5 Å². The van der Waals surface area contributed by atoms with E-state index >= 15 is 0 Å². The number of likely N-dealkylation sites (tertiary alicyclic amines) is 1. The monoisotopic (exact) mass is 639 g/mol. The Morgan fingerprint density at radius 3 is 2.43 bits per heavy atom. The molecule has 3 aromatic carbocycles. The lowest BCUT2D eigenvalue weighted by Crippen LogP contribution is -2.54. The third-order valence-electron chi connectivity index (χ3n) is 8.28. The van der Waals surface area contributed by atoms with Crippen molar-refractivity contribution in [2.45, 2.75) is 52.3 Å². The molecule has 12 nitrogen and oxygen atoms in total. The zero-order chi connectivity index (χ0) is 33.4. The Morgan fingerprint density at radius 2 is 1.72 bits per heavy atom. The van der Waals surface area contributed by atoms with E-state index in [0.29, 0.717) is 31.0 Å². The van der Waals surface area contributed by atoms with Crippen molar-refractivity contribution in [3.63, 3.8) is 0 Å². The molecular weight excluding hydrogens is 598 g/mol. The molecule has 0 bridgehead atoms. The second-order valence-corrected chi connectivity index (χ2v) is 11.6. The number of rotatable bonds is 12. The number of alkyl carbamates (subject to hydrolysis) is 1. The Balaban J connectivity index is 1.24. The molecule has 2 amide bonds. The van der Waals surface area contributed by atoms with Crippen LogP contribution in [0.3, 0.4) is 0 Å². The number of aryl methyl sites for hydroxylation is 1. The molecule has 1 aliphatic heterocycles. The molecule has 1 unspecified atom stereocenters. The summed E-state index contributed by atoms with van der Waals surface area (Å²) in [6, 6.07) is 20.3. The standard InChI is InChI=1S/C35H41N7O5/c1-4-46-30(43)21-38-35(3,33(44)42-18-8-9-19-42)27-16-17-28-31(23(27)2)40-29(39-28)20-37-26-14-12-25(13-15-26)32(36)41-34(45)47-22-24-10-6-5-7-11-24/h5-7,10-17,37-38H,4,8-9,18-22H2,1-3H3,(H,39,40)(H2,36,41,45). The molecule has 4 aromatic rings. The summed E-state index contributed by atoms with van der Waals surface area (Å²) in [6.07, 6.45) is 1.22. The number of benzene rings is 3. The Labute approximate surface area is 273 Å². The summed E-state index contributed by atoms with van der Waals surface area (Å²) >= 11 is 0. The van der Waals surface area contributed by atoms with E-state index in [9.17, 15) is 14.4 Å². The maximum atomic E-state index is 13.8. The number of H-pyrrole nitrogens is 1. The summed E-state index contributed by atoms with van der Waals surface area (Å²) < 4.78 is 10.3. The van der Waals surface area contributed by atoms with Crippen molar-refractivity contribution in [3.05, 3.63) is 94.8 Å². The highest BCUT2D eigenvalue weighted by atomic mass is 16.5. The molecule has 0 radical (unpaired) electrons. The smallest absolute Gasteiger partial charge is 0.413 e. The van der Waals surface area contributed by atoms with Gasteiger partial charge in [-0.25, -0.2) is 9.78 Å². The van der Waals surface area contributed by atoms with E-state index in [1.807, 2.05) is 73.3 Å². The number of fused-ring (bicyclic) bond motifs is 1. The van der Waals surface area contributed by atoms with Gasteiger partial charge in [-0.15, -0.1) is 0 Å². The maximum Gasteiger partial charge on any atom is 0.413 e. The van der Waals surface area contributed by atoms with Gasteiger partial charge in [0.15, 0.2) is 0 Å². The number of amides is 2. The van der Waals surface area contributed by atoms with Crippen LogP contribution in [0.5, 0.6) is 0 Å². The zero-order valence-electron chi connectivity index (χ0n) is 26.9. The largest absolute Gasteiger partial charge is 0.465 e. The van der Waals surface area contributed by atoms with Crippen LogP contribution in [0.1, 0.15) is 54.8 Å². The van der Waals surface area contributed by atoms with Crippen molar-refractivity contribution in [2.24, 2.45) is 0 Å². The summed E-state index contributed by atoms with van der Waals surface area (Å²) in [7, 11) is 0. The predicted molar refractivity (Wildman–Crippen MR) is 179 cm³/mol. The van der Waals surface area contributed by atoms with Gasteiger partial charge in [0.1, 0.15) is 23.8 Å². The minimum Gasteiger partial charge on any atom is -0.465 e. The van der Waals surface area contributed by atoms with Crippen LogP contribution in [-0.2, 0) is 37.8 Å². The fourth-order valence-electron chi connectivity index (χ4n) is 5.75. The Kier molecular flexibility index (Phi) is 10.5. The molecule has 0 spiro atoms. The average Bonchev–Trinajstić information content (AvgIpc) is 3.77. The minimum absolute atomic E-state index is 0.0647. The van der Waals surface area contributed by atoms with Crippen LogP contribution < -0.4 is 16.0 Å². The van der Waals surface area contributed by atoms with Gasteiger partial charge in [-0.1, -0.05) is 36.4 Å². The molecule has 246 valence electrons. The first-order valence-electron chi connectivity index (χ1n) is 15.8. The van der Waals surface area contributed by atoms with Crippen LogP contribution >= 0.6 is 0 Å². The highest BCUT2D eigenvalue weighted by Gasteiger charge is 2.41. The van der Waals surface area contributed by atoms with E-state index in [0.717, 1.165) is 46.3 Å². The third kappa shape index (κ3) is 7.95. The van der Waals surface area contributed by atoms with E-state index in [-0.39, 0.29) is 31.5 Å². The quantitative estimate of drug-likeness (QED) is 0.0845. The third-order valence-corrected chi connectivity index (χ3v) is 8.28. The van der Waals surface area contributed by atoms with Crippen LogP contribution in [0.15, 0.2) is 66.7 Å². The number of aromatic amines is 1. The molecule has 1 saturated heterocycles. The summed E-state index contributed by atoms with van der Waals surface area (Å²) in [5.41, 5.74) is 4.22. The highest BCUT2D eigenvalue weighted by Crippen LogP contribution is 2.32. The molecule has 0 saturated carbocycles. The molecule has 1 aliphatic rings. The number of anilines is 1. The van der Waals surface area contributed by atoms with Gasteiger partial charge < -0.3 is 24.7 Å². The van der Waals surface area contributed by atoms with Crippen molar-refractivity contribution >= 4 is 40.5 Å². The molecule has 2 heterocycles. The number of carbonyl (C=O) groups excluding carboxylic acids is 3. The van der Waals surface area contributed by atoms with Gasteiger partial charge >= 0.3 is 12.1 Å². The first-order chi connectivity index (χ1) is 22.7. The van der Waals surface area contributed by atoms with Crippen LogP contribution in [0, 0.1) is 12.3 Å². The van der Waals surface area contributed by atoms with Crippen LogP contribution in [0.4, 0.5) is 10.5 Å². The van der Waals surface area contributed by atoms with Crippen LogP contribution in [-0.4, -0.2) is 64.9 Å². The number of carbonyl (C=O) groups is 3. The lowest BCUT2D eigenvalue weighted by molar-refractivity contribution is -0.143. The summed E-state index contributed by atoms with van der Waals surface area (Å²) in [6.45, 7) is 7.59. The lowest BCUT2D eigenvalue weighted by atomic mass is 9.86. The van der Waals surface area contributed by atoms with Crippen molar-refractivity contribution in [3.8, 4) is 0 Å². The molecule has 47 heavy (non-hydrogen) atoms. The van der Waals surface area contributed by atoms with Gasteiger partial charge in [0.05, 0.1) is 30.7 Å². The summed E-state index contributed by atoms with van der Waals surface area (Å²) in [5, 5.41) is 17.2. The van der Waals surface area contributed by atoms with Gasteiger partial charge in [0, 0.05) is 24.3 Å². The number of esters is 1. The average molecular weight is 640 g/mol. The summed E-state index contributed by atoms with van der Waals surface area (Å²) in [5.74, 6) is 0.148. The minimum atomic E-state index is -1.14. The van der Waals surface area contributed by atoms with Gasteiger partial charge in [-0.05, 0) is 80.6 Å². The number of nitrogens with zero attached hydrogens (tertiary/aromatic N) is 2. The topological polar surface area (TPSA) is 162 Å². The molecule has 5 rings (SSSR count). The fraction of sp³-hybridized carbons (Fsp3) is 0.343. The van der Waals surface area contributed by atoms with Crippen molar-refractivity contribution < 1.29 is 23.9 Å². The molecular formula is C35H41N7O5. The Bertz CT molecular complexity index is 1730. The normalized spacial score (nSPS) is 14.0. The number of aromatic nitrogens is 2. The Morgan fingerprint density at radius 1 is 1.00 bits per heavy atom. The van der Waals surface area contributed by atoms with E-state index in [4.69, 9.17) is 19.9 Å². The molecule has 1 fully saturated rings. The number of amidine groups is 1. The first-order valence-corrected chi connectivity index (χ1v) is 15.8. The van der Waals surface area contributed by atoms with Gasteiger partial charge in [0.25, 0.3) is 0 Å². The SMILES string of the molecule is CCOC(=O)CNC(C)(C(=O)N1CCCC1)c1ccc2[nH]c(CNc3ccc(C(=N)NC(=O)OCc4ccccc4)cc3)nc2c1C. The second-order valence-electron chi connectivity index (χ2n) is 11.6. The maximum absolute atomic E-state index is 13.8. The van der Waals surface area contributed by atoms with E-state index in [1.165, 1.54) is 0 Å². The fourth-order valence-corrected chi connectivity index (χ4v) is 5.75. The van der Waals surface area contributed by atoms with E-state index in [1.54, 1.807) is 19.1 Å². The molecule has 1 atom stereocenters. The number of hydrogen-bond acceptors (Lipinski definition) is 9. The van der Waals surface area contributed by atoms with E-state index in [2.05, 4.69) is 20.9 Å². The summed E-state index contributed by atoms with van der Waals surface area (Å²) in [4.78, 5) is 48.3. The zero-order valence-corrected chi connectivity index (χ0v) is 26.9. The highest BCUT2D eigenvalue weighted by molar-refractivity contribution is 6.04. The number of ether oxygens (including phenoxy) is 2. The molecule has 5 N–H and O–H groups in total. The van der Waals surface area contributed by atoms with Gasteiger partial charge in [-0.2, -0.15) is 0 Å². The van der Waals surface area contributed by atoms with Gasteiger partial charge in [0.2, 0.25) is 5.91 Å². The number of imidazole rings is 1. The van der Waals surface area contributed by atoms with Crippen LogP contribution in [0.2, 0.25) is 0 Å². The predicted octanol–water partition coefficient (Wildman–Crippen LogP) is 4.73. The van der Waals surface area contributed by atoms with Gasteiger partial charge in [-0.3, -0.25) is 25.6 Å². The Hall–Kier alpha value is -5.23. The molecule has 1 aromatic heterocycles. The van der Waals surface area contributed by atoms with Crippen molar-refractivity contribution in [1.29, 1.82) is 5.41 Å². The van der Waals surface area contributed by atoms with E-state index < -0.39 is 17.6 Å². The van der Waals surface area contributed by atoms with Crippen LogP contribution in [0.25, 0.3) is 11.0 Å². The first kappa shape index (κ1) is 33.1. The number of hydrogen-bond donors (Lipinski definition) is 5. The van der Waals surface area contributed by atoms with Crippen molar-refractivity contribution in [2.75, 3.05) is 31.6 Å². The number of nitrogens with one attached hydrogen (secondary N) is 5. The lowest BCUT2D eigenvalue weighted by Gasteiger charge is -2.35. The molecule has 0 aliphatic carbocycles. The molecule has 12 heteroatoms.